The predicted octanol–water partition coefficient (Wildman–Crippen LogP) is 3.29. The molecule has 1 amide bonds. The van der Waals surface area contributed by atoms with Crippen molar-refractivity contribution in [1.82, 2.24) is 0 Å². The van der Waals surface area contributed by atoms with Gasteiger partial charge in [0.25, 0.3) is 5.91 Å². The maximum atomic E-state index is 12.7. The van der Waals surface area contributed by atoms with Gasteiger partial charge in [0, 0.05) is 4.88 Å². The van der Waals surface area contributed by atoms with Gasteiger partial charge in [0.2, 0.25) is 10.0 Å². The van der Waals surface area contributed by atoms with Gasteiger partial charge in [0.15, 0.2) is 6.61 Å². The molecule has 0 bridgehead atoms. The van der Waals surface area contributed by atoms with Crippen molar-refractivity contribution in [1.29, 1.82) is 0 Å². The molecule has 9 nitrogen and oxygen atoms in total. The summed E-state index contributed by atoms with van der Waals surface area (Å²) in [7, 11) is -4.15. The third-order valence-electron chi connectivity index (χ3n) is 4.78. The van der Waals surface area contributed by atoms with Crippen molar-refractivity contribution in [3.63, 3.8) is 0 Å². The first-order chi connectivity index (χ1) is 15.5. The van der Waals surface area contributed by atoms with Crippen molar-refractivity contribution in [2.45, 2.75) is 50.5 Å². The Labute approximate surface area is 200 Å². The number of nitrogens with one attached hydrogen (secondary N) is 1. The molecule has 3 rings (SSSR count). The SMILES string of the molecule is CC(C)OC(=O)c1c(NC(=O)COC(=O)c2ccc(Cl)c(S(N)(=O)=O)c2)sc2c1CCCC2. The Bertz CT molecular complexity index is 1210. The molecule has 1 aromatic carbocycles. The van der Waals surface area contributed by atoms with Gasteiger partial charge in [-0.2, -0.15) is 0 Å². The van der Waals surface area contributed by atoms with E-state index >= 15 is 0 Å². The van der Waals surface area contributed by atoms with Crippen molar-refractivity contribution in [2.24, 2.45) is 5.14 Å². The number of ether oxygens (including phenoxy) is 2. The molecule has 0 spiro atoms. The number of carbonyl (C=O) groups is 3. The van der Waals surface area contributed by atoms with Crippen LogP contribution in [0.5, 0.6) is 0 Å². The van der Waals surface area contributed by atoms with Crippen LogP contribution in [0.4, 0.5) is 5.00 Å². The number of esters is 2. The second-order valence-electron chi connectivity index (χ2n) is 7.68. The number of sulfonamides is 1. The molecular weight excluding hydrogens is 492 g/mol. The standard InChI is InChI=1S/C21H23ClN2O7S2/c1-11(2)31-21(27)18-13-5-3-4-6-15(13)32-19(18)24-17(25)10-30-20(26)12-7-8-14(22)16(9-12)33(23,28)29/h7-9,11H,3-6,10H2,1-2H3,(H,24,25)(H2,23,28,29). The minimum atomic E-state index is -4.15. The van der Waals surface area contributed by atoms with Crippen molar-refractivity contribution < 1.29 is 32.3 Å². The van der Waals surface area contributed by atoms with Crippen LogP contribution in [-0.4, -0.2) is 39.0 Å². The van der Waals surface area contributed by atoms with Crippen molar-refractivity contribution in [2.75, 3.05) is 11.9 Å². The fourth-order valence-electron chi connectivity index (χ4n) is 3.37. The number of hydrogen-bond donors (Lipinski definition) is 2. The van der Waals surface area contributed by atoms with Crippen LogP contribution >= 0.6 is 22.9 Å². The van der Waals surface area contributed by atoms with Crippen molar-refractivity contribution >= 4 is 55.8 Å². The minimum Gasteiger partial charge on any atom is -0.459 e. The Morgan fingerprint density at radius 2 is 1.88 bits per heavy atom. The maximum Gasteiger partial charge on any atom is 0.341 e. The lowest BCUT2D eigenvalue weighted by molar-refractivity contribution is -0.119. The van der Waals surface area contributed by atoms with Crippen LogP contribution in [0.1, 0.15) is 57.8 Å². The highest BCUT2D eigenvalue weighted by Gasteiger charge is 2.28. The number of amides is 1. The van der Waals surface area contributed by atoms with Crippen molar-refractivity contribution in [3.05, 3.63) is 44.8 Å². The minimum absolute atomic E-state index is 0.135. The number of rotatable bonds is 7. The molecule has 1 aliphatic rings. The van der Waals surface area contributed by atoms with E-state index < -0.39 is 39.4 Å². The van der Waals surface area contributed by atoms with E-state index in [0.29, 0.717) is 10.6 Å². The van der Waals surface area contributed by atoms with Crippen LogP contribution in [-0.2, 0) is 37.1 Å². The molecule has 3 N–H and O–H groups in total. The van der Waals surface area contributed by atoms with Crippen LogP contribution in [0.2, 0.25) is 5.02 Å². The predicted molar refractivity (Wildman–Crippen MR) is 123 cm³/mol. The van der Waals surface area contributed by atoms with E-state index in [1.165, 1.54) is 23.5 Å². The second-order valence-corrected chi connectivity index (χ2v) is 10.7. The van der Waals surface area contributed by atoms with Gasteiger partial charge in [-0.15, -0.1) is 11.3 Å². The summed E-state index contributed by atoms with van der Waals surface area (Å²) in [4.78, 5) is 38.0. The largest absolute Gasteiger partial charge is 0.459 e. The van der Waals surface area contributed by atoms with E-state index in [1.807, 2.05) is 0 Å². The number of aryl methyl sites for hydroxylation is 1. The zero-order chi connectivity index (χ0) is 24.3. The Morgan fingerprint density at radius 3 is 2.55 bits per heavy atom. The molecule has 0 aliphatic heterocycles. The summed E-state index contributed by atoms with van der Waals surface area (Å²) in [5, 5.41) is 7.93. The van der Waals surface area contributed by atoms with Gasteiger partial charge in [-0.25, -0.2) is 23.1 Å². The average molecular weight is 515 g/mol. The molecule has 0 fully saturated rings. The molecule has 0 atom stereocenters. The molecule has 0 saturated carbocycles. The molecule has 0 radical (unpaired) electrons. The summed E-state index contributed by atoms with van der Waals surface area (Å²) in [6, 6.07) is 3.43. The topological polar surface area (TPSA) is 142 Å². The summed E-state index contributed by atoms with van der Waals surface area (Å²) in [6.07, 6.45) is 3.16. The molecule has 1 aromatic heterocycles. The lowest BCUT2D eigenvalue weighted by Gasteiger charge is -2.14. The number of anilines is 1. The number of halogens is 1. The molecule has 178 valence electrons. The number of nitrogens with two attached hydrogens (primary N) is 1. The highest BCUT2D eigenvalue weighted by atomic mass is 35.5. The normalized spacial score (nSPS) is 13.4. The van der Waals surface area contributed by atoms with E-state index in [1.54, 1.807) is 13.8 Å². The summed E-state index contributed by atoms with van der Waals surface area (Å²) in [5.41, 5.74) is 1.10. The lowest BCUT2D eigenvalue weighted by atomic mass is 9.95. The Hall–Kier alpha value is -2.47. The number of fused-ring (bicyclic) bond motifs is 1. The third-order valence-corrected chi connectivity index (χ3v) is 7.38. The number of thiophene rings is 1. The second kappa shape index (κ2) is 10.2. The number of hydrogen-bond acceptors (Lipinski definition) is 8. The number of primary sulfonamides is 1. The Balaban J connectivity index is 1.72. The van der Waals surface area contributed by atoms with E-state index in [0.717, 1.165) is 42.2 Å². The van der Waals surface area contributed by atoms with Crippen LogP contribution in [0.3, 0.4) is 0 Å². The first-order valence-corrected chi connectivity index (χ1v) is 12.9. The van der Waals surface area contributed by atoms with Gasteiger partial charge in [-0.1, -0.05) is 11.6 Å². The van der Waals surface area contributed by atoms with Gasteiger partial charge in [-0.05, 0) is 63.3 Å². The highest BCUT2D eigenvalue weighted by Crippen LogP contribution is 2.38. The van der Waals surface area contributed by atoms with Gasteiger partial charge in [0.1, 0.15) is 9.90 Å². The first-order valence-electron chi connectivity index (χ1n) is 10.1. The van der Waals surface area contributed by atoms with Crippen LogP contribution in [0, 0.1) is 0 Å². The van der Waals surface area contributed by atoms with Crippen LogP contribution < -0.4 is 10.5 Å². The molecule has 1 aliphatic carbocycles. The lowest BCUT2D eigenvalue weighted by Crippen LogP contribution is -2.22. The molecule has 12 heteroatoms. The summed E-state index contributed by atoms with van der Waals surface area (Å²) in [5.74, 6) is -2.09. The average Bonchev–Trinajstić information content (AvgIpc) is 3.08. The van der Waals surface area contributed by atoms with Crippen LogP contribution in [0.25, 0.3) is 0 Å². The fraction of sp³-hybridized carbons (Fsp3) is 0.381. The van der Waals surface area contributed by atoms with Gasteiger partial charge in [0.05, 0.1) is 22.3 Å². The third kappa shape index (κ3) is 6.11. The fourth-order valence-corrected chi connectivity index (χ4v) is 5.73. The summed E-state index contributed by atoms with van der Waals surface area (Å²) in [6.45, 7) is 2.84. The Kier molecular flexibility index (Phi) is 7.78. The summed E-state index contributed by atoms with van der Waals surface area (Å²) < 4.78 is 33.5. The summed E-state index contributed by atoms with van der Waals surface area (Å²) >= 11 is 7.12. The molecule has 0 saturated heterocycles. The number of benzene rings is 1. The quantitative estimate of drug-likeness (QED) is 0.540. The zero-order valence-corrected chi connectivity index (χ0v) is 20.4. The molecule has 2 aromatic rings. The van der Waals surface area contributed by atoms with E-state index in [9.17, 15) is 22.8 Å². The van der Waals surface area contributed by atoms with E-state index in [4.69, 9.17) is 26.2 Å². The first kappa shape index (κ1) is 25.2. The van der Waals surface area contributed by atoms with E-state index in [-0.39, 0.29) is 16.7 Å². The molecule has 0 unspecified atom stereocenters. The smallest absolute Gasteiger partial charge is 0.341 e. The maximum absolute atomic E-state index is 12.7. The molecular formula is C21H23ClN2O7S2. The van der Waals surface area contributed by atoms with Crippen molar-refractivity contribution in [3.8, 4) is 0 Å². The zero-order valence-electron chi connectivity index (χ0n) is 18.0. The van der Waals surface area contributed by atoms with Gasteiger partial charge >= 0.3 is 11.9 Å². The van der Waals surface area contributed by atoms with E-state index in [2.05, 4.69) is 5.32 Å². The van der Waals surface area contributed by atoms with Crippen LogP contribution in [0.15, 0.2) is 23.1 Å². The molecule has 33 heavy (non-hydrogen) atoms. The van der Waals surface area contributed by atoms with Gasteiger partial charge < -0.3 is 14.8 Å². The Morgan fingerprint density at radius 1 is 1.18 bits per heavy atom. The highest BCUT2D eigenvalue weighted by molar-refractivity contribution is 7.89. The molecule has 1 heterocycles. The number of carbonyl (C=O) groups excluding carboxylic acids is 3. The van der Waals surface area contributed by atoms with Gasteiger partial charge in [-0.3, -0.25) is 4.79 Å². The monoisotopic (exact) mass is 514 g/mol.